The Morgan fingerprint density at radius 3 is 2.50 bits per heavy atom. The number of allylic oxidation sites excluding steroid dienone is 1. The van der Waals surface area contributed by atoms with Crippen molar-refractivity contribution in [1.82, 2.24) is 10.6 Å². The van der Waals surface area contributed by atoms with Crippen molar-refractivity contribution in [3.63, 3.8) is 0 Å². The molecule has 0 spiro atoms. The predicted octanol–water partition coefficient (Wildman–Crippen LogP) is 3.52. The van der Waals surface area contributed by atoms with E-state index < -0.39 is 9.84 Å². The molecular weight excluding hydrogens is 461 g/mol. The van der Waals surface area contributed by atoms with E-state index in [0.29, 0.717) is 17.9 Å². The van der Waals surface area contributed by atoms with E-state index in [-0.39, 0.29) is 29.7 Å². The average molecular weight is 491 g/mol. The van der Waals surface area contributed by atoms with Gasteiger partial charge >= 0.3 is 0 Å². The van der Waals surface area contributed by atoms with Gasteiger partial charge in [0.05, 0.1) is 10.6 Å². The Morgan fingerprint density at radius 1 is 1.12 bits per heavy atom. The molecule has 1 aromatic rings. The summed E-state index contributed by atoms with van der Waals surface area (Å²) in [6, 6.07) is 8.60. The molecule has 1 aliphatic carbocycles. The second-order valence-electron chi connectivity index (χ2n) is 6.27. The summed E-state index contributed by atoms with van der Waals surface area (Å²) in [5.74, 6) is 0.863. The molecule has 0 atom stereocenters. The lowest BCUT2D eigenvalue weighted by Gasteiger charge is -2.15. The van der Waals surface area contributed by atoms with Gasteiger partial charge in [0.1, 0.15) is 0 Å². The Morgan fingerprint density at radius 2 is 1.85 bits per heavy atom. The Bertz CT molecular complexity index is 688. The van der Waals surface area contributed by atoms with E-state index in [1.807, 2.05) is 6.07 Å². The standard InChI is InChI=1S/C19H29N3O2S.HI/c1-20-19(22-15-13-17-9-4-2-5-10-17)21-14-8-16-25(23,24)18-11-6-3-7-12-18;/h3,6-7,9,11-12H,2,4-5,8,10,13-16H2,1H3,(H2,20,21,22);1H. The molecular formula is C19H30IN3O2S. The summed E-state index contributed by atoms with van der Waals surface area (Å²) in [6.45, 7) is 1.43. The van der Waals surface area contributed by atoms with Crippen LogP contribution in [0.1, 0.15) is 38.5 Å². The van der Waals surface area contributed by atoms with Crippen molar-refractivity contribution >= 4 is 39.8 Å². The number of benzene rings is 1. The molecule has 5 nitrogen and oxygen atoms in total. The molecule has 0 bridgehead atoms. The SMILES string of the molecule is CN=C(NCCCS(=O)(=O)c1ccccc1)NCCC1=CCCCC1.I. The predicted molar refractivity (Wildman–Crippen MR) is 119 cm³/mol. The van der Waals surface area contributed by atoms with Gasteiger partial charge in [0.25, 0.3) is 0 Å². The zero-order chi connectivity index (χ0) is 18.0. The first-order chi connectivity index (χ1) is 12.1. The number of hydrogen-bond donors (Lipinski definition) is 2. The number of halogens is 1. The molecule has 0 amide bonds. The minimum absolute atomic E-state index is 0. The summed E-state index contributed by atoms with van der Waals surface area (Å²) in [6.07, 6.45) is 8.98. The average Bonchev–Trinajstić information content (AvgIpc) is 2.65. The van der Waals surface area contributed by atoms with Gasteiger partial charge in [-0.15, -0.1) is 24.0 Å². The quantitative estimate of drug-likeness (QED) is 0.192. The molecule has 0 saturated heterocycles. The van der Waals surface area contributed by atoms with Gasteiger partial charge in [0.2, 0.25) is 0 Å². The molecule has 0 saturated carbocycles. The van der Waals surface area contributed by atoms with Crippen LogP contribution in [0.4, 0.5) is 0 Å². The molecule has 0 aliphatic heterocycles. The topological polar surface area (TPSA) is 70.6 Å². The second-order valence-corrected chi connectivity index (χ2v) is 8.38. The van der Waals surface area contributed by atoms with Crippen molar-refractivity contribution in [1.29, 1.82) is 0 Å². The number of nitrogens with zero attached hydrogens (tertiary/aromatic N) is 1. The minimum Gasteiger partial charge on any atom is -0.356 e. The molecule has 0 fully saturated rings. The number of hydrogen-bond acceptors (Lipinski definition) is 3. The maximum Gasteiger partial charge on any atom is 0.190 e. The van der Waals surface area contributed by atoms with Crippen LogP contribution in [0.2, 0.25) is 0 Å². The molecule has 0 radical (unpaired) electrons. The van der Waals surface area contributed by atoms with Gasteiger partial charge < -0.3 is 10.6 Å². The highest BCUT2D eigenvalue weighted by Gasteiger charge is 2.13. The van der Waals surface area contributed by atoms with Gasteiger partial charge in [-0.2, -0.15) is 0 Å². The largest absolute Gasteiger partial charge is 0.356 e. The molecule has 2 N–H and O–H groups in total. The maximum atomic E-state index is 12.2. The van der Waals surface area contributed by atoms with E-state index in [4.69, 9.17) is 0 Å². The van der Waals surface area contributed by atoms with E-state index in [2.05, 4.69) is 21.7 Å². The molecule has 0 heterocycles. The summed E-state index contributed by atoms with van der Waals surface area (Å²) in [4.78, 5) is 4.58. The van der Waals surface area contributed by atoms with Gasteiger partial charge in [-0.1, -0.05) is 29.8 Å². The van der Waals surface area contributed by atoms with Crippen LogP contribution in [-0.4, -0.2) is 40.3 Å². The lowest BCUT2D eigenvalue weighted by molar-refractivity contribution is 0.592. The van der Waals surface area contributed by atoms with Gasteiger partial charge in [0, 0.05) is 20.1 Å². The van der Waals surface area contributed by atoms with Crippen LogP contribution in [-0.2, 0) is 9.84 Å². The van der Waals surface area contributed by atoms with Crippen LogP contribution in [0.5, 0.6) is 0 Å². The summed E-state index contributed by atoms with van der Waals surface area (Å²) < 4.78 is 24.4. The number of nitrogens with one attached hydrogen (secondary N) is 2. The maximum absolute atomic E-state index is 12.2. The summed E-state index contributed by atoms with van der Waals surface area (Å²) in [5, 5.41) is 6.48. The zero-order valence-electron chi connectivity index (χ0n) is 15.4. The molecule has 2 rings (SSSR count). The molecule has 1 aromatic carbocycles. The second kappa shape index (κ2) is 12.3. The third-order valence-corrected chi connectivity index (χ3v) is 6.15. The minimum atomic E-state index is -3.20. The van der Waals surface area contributed by atoms with E-state index in [9.17, 15) is 8.42 Å². The lowest BCUT2D eigenvalue weighted by atomic mass is 9.97. The Hall–Kier alpha value is -1.09. The molecule has 0 aromatic heterocycles. The van der Waals surface area contributed by atoms with Gasteiger partial charge in [-0.25, -0.2) is 8.42 Å². The van der Waals surface area contributed by atoms with Crippen LogP contribution in [0.3, 0.4) is 0 Å². The monoisotopic (exact) mass is 491 g/mol. The van der Waals surface area contributed by atoms with Gasteiger partial charge in [-0.05, 0) is 50.7 Å². The van der Waals surface area contributed by atoms with Crippen LogP contribution < -0.4 is 10.6 Å². The van der Waals surface area contributed by atoms with E-state index in [1.54, 1.807) is 31.3 Å². The first-order valence-corrected chi connectivity index (χ1v) is 10.7. The van der Waals surface area contributed by atoms with Crippen LogP contribution in [0, 0.1) is 0 Å². The van der Waals surface area contributed by atoms with E-state index in [0.717, 1.165) is 18.9 Å². The fourth-order valence-electron chi connectivity index (χ4n) is 2.91. The molecule has 146 valence electrons. The highest BCUT2D eigenvalue weighted by Crippen LogP contribution is 2.19. The van der Waals surface area contributed by atoms with Gasteiger partial charge in [-0.3, -0.25) is 4.99 Å². The van der Waals surface area contributed by atoms with Gasteiger partial charge in [0.15, 0.2) is 15.8 Å². The normalized spacial score (nSPS) is 15.0. The first-order valence-electron chi connectivity index (χ1n) is 9.02. The van der Waals surface area contributed by atoms with Crippen molar-refractivity contribution in [2.45, 2.75) is 43.4 Å². The van der Waals surface area contributed by atoms with Crippen molar-refractivity contribution in [2.75, 3.05) is 25.9 Å². The molecule has 26 heavy (non-hydrogen) atoms. The van der Waals surface area contributed by atoms with Crippen LogP contribution in [0.25, 0.3) is 0 Å². The molecule has 7 heteroatoms. The third-order valence-electron chi connectivity index (χ3n) is 4.33. The number of aliphatic imine (C=N–C) groups is 1. The van der Waals surface area contributed by atoms with Crippen molar-refractivity contribution in [2.24, 2.45) is 4.99 Å². The summed E-state index contributed by atoms with van der Waals surface area (Å²) in [5.41, 5.74) is 1.53. The van der Waals surface area contributed by atoms with Crippen molar-refractivity contribution in [3.8, 4) is 0 Å². The zero-order valence-corrected chi connectivity index (χ0v) is 18.6. The Labute approximate surface area is 174 Å². The highest BCUT2D eigenvalue weighted by atomic mass is 127. The Kier molecular flexibility index (Phi) is 10.9. The third kappa shape index (κ3) is 8.07. The molecule has 0 unspecified atom stereocenters. The summed E-state index contributed by atoms with van der Waals surface area (Å²) >= 11 is 0. The smallest absolute Gasteiger partial charge is 0.190 e. The van der Waals surface area contributed by atoms with Crippen LogP contribution in [0.15, 0.2) is 51.9 Å². The van der Waals surface area contributed by atoms with E-state index in [1.165, 1.54) is 31.3 Å². The highest BCUT2D eigenvalue weighted by molar-refractivity contribution is 14.0. The Balaban J connectivity index is 0.00000338. The van der Waals surface area contributed by atoms with Crippen molar-refractivity contribution in [3.05, 3.63) is 42.0 Å². The number of rotatable bonds is 8. The van der Waals surface area contributed by atoms with E-state index >= 15 is 0 Å². The lowest BCUT2D eigenvalue weighted by Crippen LogP contribution is -2.38. The first kappa shape index (κ1) is 23.0. The van der Waals surface area contributed by atoms with Crippen LogP contribution >= 0.6 is 24.0 Å². The molecule has 1 aliphatic rings. The fourth-order valence-corrected chi connectivity index (χ4v) is 4.24. The van der Waals surface area contributed by atoms with Crippen molar-refractivity contribution < 1.29 is 8.42 Å². The summed E-state index contributed by atoms with van der Waals surface area (Å²) in [7, 11) is -1.47. The number of sulfone groups is 1. The fraction of sp³-hybridized carbons (Fsp3) is 0.526. The number of guanidine groups is 1.